The summed E-state index contributed by atoms with van der Waals surface area (Å²) in [4.78, 5) is 0. The van der Waals surface area contributed by atoms with Gasteiger partial charge in [0.2, 0.25) is 0 Å². The van der Waals surface area contributed by atoms with Crippen LogP contribution in [-0.2, 0) is 9.16 Å². The van der Waals surface area contributed by atoms with E-state index in [-0.39, 0.29) is 17.2 Å². The first kappa shape index (κ1) is 15.9. The quantitative estimate of drug-likeness (QED) is 0.557. The van der Waals surface area contributed by atoms with Crippen molar-refractivity contribution in [2.75, 3.05) is 6.61 Å². The summed E-state index contributed by atoms with van der Waals surface area (Å²) in [6, 6.07) is 0. The summed E-state index contributed by atoms with van der Waals surface area (Å²) < 4.78 is 12.3. The van der Waals surface area contributed by atoms with Gasteiger partial charge in [0.25, 0.3) is 0 Å². The second kappa shape index (κ2) is 5.47. The van der Waals surface area contributed by atoms with E-state index in [1.54, 1.807) is 0 Å². The molecule has 0 fully saturated rings. The van der Waals surface area contributed by atoms with Gasteiger partial charge >= 0.3 is 0 Å². The molecule has 0 unspecified atom stereocenters. The van der Waals surface area contributed by atoms with E-state index in [0.29, 0.717) is 12.5 Å². The Labute approximate surface area is 114 Å². The zero-order valence-electron chi connectivity index (χ0n) is 13.3. The minimum absolute atomic E-state index is 0.159. The first-order valence-corrected chi connectivity index (χ1v) is 9.93. The fourth-order valence-electron chi connectivity index (χ4n) is 1.72. The minimum atomic E-state index is -1.66. The van der Waals surface area contributed by atoms with Crippen LogP contribution in [0.1, 0.15) is 41.5 Å². The number of hydrogen-bond donors (Lipinski definition) is 0. The summed E-state index contributed by atoms with van der Waals surface area (Å²) in [6.07, 6.45) is 2.68. The van der Waals surface area contributed by atoms with Gasteiger partial charge in [0.15, 0.2) is 8.32 Å². The van der Waals surface area contributed by atoms with E-state index >= 15 is 0 Å². The molecule has 0 N–H and O–H groups in total. The molecule has 1 rings (SSSR count). The van der Waals surface area contributed by atoms with Crippen molar-refractivity contribution in [1.82, 2.24) is 0 Å². The van der Waals surface area contributed by atoms with Gasteiger partial charge in [0, 0.05) is 0 Å². The highest BCUT2D eigenvalue weighted by Gasteiger charge is 2.38. The summed E-state index contributed by atoms with van der Waals surface area (Å²) in [7, 11) is -1.66. The first-order valence-electron chi connectivity index (χ1n) is 7.02. The van der Waals surface area contributed by atoms with Crippen molar-refractivity contribution in [2.45, 2.75) is 71.9 Å². The van der Waals surface area contributed by atoms with Crippen LogP contribution in [0.2, 0.25) is 18.1 Å². The van der Waals surface area contributed by atoms with Crippen molar-refractivity contribution in [3.05, 3.63) is 11.6 Å². The van der Waals surface area contributed by atoms with Gasteiger partial charge in [-0.15, -0.1) is 0 Å². The lowest BCUT2D eigenvalue weighted by atomic mass is 10.1. The molecular formula is C15H30O2Si. The van der Waals surface area contributed by atoms with Crippen molar-refractivity contribution < 1.29 is 9.16 Å². The lowest BCUT2D eigenvalue weighted by molar-refractivity contribution is 0.00524. The average Bonchev–Trinajstić information content (AvgIpc) is 2.55. The number of hydrogen-bond acceptors (Lipinski definition) is 2. The van der Waals surface area contributed by atoms with Gasteiger partial charge in [-0.25, -0.2) is 0 Å². The number of ether oxygens (including phenoxy) is 1. The molecule has 0 spiro atoms. The fourth-order valence-corrected chi connectivity index (χ4v) is 2.72. The molecule has 0 radical (unpaired) electrons. The molecule has 0 aromatic rings. The van der Waals surface area contributed by atoms with Crippen LogP contribution < -0.4 is 0 Å². The predicted octanol–water partition coefficient (Wildman–Crippen LogP) is 4.38. The SMILES string of the molecule is CC1=C[C@@H](C(C)C)O[C@@H]1CO[Si](C)(C)C(C)(C)C. The highest BCUT2D eigenvalue weighted by Crippen LogP contribution is 2.37. The van der Waals surface area contributed by atoms with Crippen molar-refractivity contribution >= 4 is 8.32 Å². The molecule has 2 atom stereocenters. The van der Waals surface area contributed by atoms with E-state index in [1.807, 2.05) is 0 Å². The van der Waals surface area contributed by atoms with Gasteiger partial charge in [-0.1, -0.05) is 40.7 Å². The van der Waals surface area contributed by atoms with Gasteiger partial charge in [0.05, 0.1) is 12.7 Å². The smallest absolute Gasteiger partial charge is 0.192 e. The molecule has 0 amide bonds. The average molecular weight is 270 g/mol. The monoisotopic (exact) mass is 270 g/mol. The second-order valence-corrected chi connectivity index (χ2v) is 12.1. The largest absolute Gasteiger partial charge is 0.414 e. The van der Waals surface area contributed by atoms with E-state index in [9.17, 15) is 0 Å². The molecule has 0 aromatic carbocycles. The molecule has 0 saturated carbocycles. The van der Waals surface area contributed by atoms with Crippen LogP contribution >= 0.6 is 0 Å². The molecule has 0 bridgehead atoms. The highest BCUT2D eigenvalue weighted by atomic mass is 28.4. The number of rotatable bonds is 4. The summed E-state index contributed by atoms with van der Waals surface area (Å²) in [5.74, 6) is 0.540. The van der Waals surface area contributed by atoms with Crippen LogP contribution in [0.3, 0.4) is 0 Å². The third-order valence-corrected chi connectivity index (χ3v) is 8.82. The minimum Gasteiger partial charge on any atom is -0.414 e. The molecule has 0 saturated heterocycles. The summed E-state index contributed by atoms with van der Waals surface area (Å²) in [6.45, 7) is 18.7. The molecule has 2 nitrogen and oxygen atoms in total. The summed E-state index contributed by atoms with van der Waals surface area (Å²) in [5.41, 5.74) is 1.33. The third kappa shape index (κ3) is 3.69. The van der Waals surface area contributed by atoms with Crippen LogP contribution in [0.15, 0.2) is 11.6 Å². The molecule has 0 aromatic heterocycles. The molecule has 1 heterocycles. The molecule has 1 aliphatic rings. The third-order valence-electron chi connectivity index (χ3n) is 4.32. The normalized spacial score (nSPS) is 25.7. The second-order valence-electron chi connectivity index (χ2n) is 7.32. The molecule has 18 heavy (non-hydrogen) atoms. The lowest BCUT2D eigenvalue weighted by Gasteiger charge is -2.37. The molecule has 106 valence electrons. The van der Waals surface area contributed by atoms with Crippen molar-refractivity contribution in [3.8, 4) is 0 Å². The van der Waals surface area contributed by atoms with E-state index in [0.717, 1.165) is 0 Å². The van der Waals surface area contributed by atoms with E-state index in [4.69, 9.17) is 9.16 Å². The van der Waals surface area contributed by atoms with E-state index < -0.39 is 8.32 Å². The molecule has 1 aliphatic heterocycles. The van der Waals surface area contributed by atoms with Crippen molar-refractivity contribution in [2.24, 2.45) is 5.92 Å². The Kier molecular flexibility index (Phi) is 4.85. The maximum atomic E-state index is 6.25. The van der Waals surface area contributed by atoms with Crippen LogP contribution in [0, 0.1) is 5.92 Å². The van der Waals surface area contributed by atoms with Gasteiger partial charge in [-0.05, 0) is 36.5 Å². The Morgan fingerprint density at radius 1 is 1.33 bits per heavy atom. The standard InChI is InChI=1S/C15H30O2Si/c1-11(2)13-9-12(3)14(17-13)10-16-18(7,8)15(4,5)6/h9,11,13-14H,10H2,1-8H3/t13-,14+/m0/s1. The molecular weight excluding hydrogens is 240 g/mol. The van der Waals surface area contributed by atoms with Crippen molar-refractivity contribution in [3.63, 3.8) is 0 Å². The van der Waals surface area contributed by atoms with E-state index in [1.165, 1.54) is 5.57 Å². The van der Waals surface area contributed by atoms with Crippen LogP contribution in [0.4, 0.5) is 0 Å². The Balaban J connectivity index is 2.54. The molecule has 0 aliphatic carbocycles. The first-order chi connectivity index (χ1) is 8.04. The fraction of sp³-hybridized carbons (Fsp3) is 0.867. The van der Waals surface area contributed by atoms with E-state index in [2.05, 4.69) is 60.7 Å². The van der Waals surface area contributed by atoms with Crippen LogP contribution in [-0.4, -0.2) is 27.1 Å². The van der Waals surface area contributed by atoms with Gasteiger partial charge in [-0.2, -0.15) is 0 Å². The lowest BCUT2D eigenvalue weighted by Crippen LogP contribution is -2.43. The summed E-state index contributed by atoms with van der Waals surface area (Å²) in [5, 5.41) is 0.265. The highest BCUT2D eigenvalue weighted by molar-refractivity contribution is 6.74. The Bertz CT molecular complexity index is 313. The summed E-state index contributed by atoms with van der Waals surface area (Å²) >= 11 is 0. The van der Waals surface area contributed by atoms with Gasteiger partial charge in [-0.3, -0.25) is 0 Å². The van der Waals surface area contributed by atoms with Crippen molar-refractivity contribution in [1.29, 1.82) is 0 Å². The Morgan fingerprint density at radius 2 is 1.89 bits per heavy atom. The van der Waals surface area contributed by atoms with Crippen LogP contribution in [0.25, 0.3) is 0 Å². The zero-order chi connectivity index (χ0) is 14.1. The van der Waals surface area contributed by atoms with Gasteiger partial charge < -0.3 is 9.16 Å². The maximum Gasteiger partial charge on any atom is 0.192 e. The molecule has 3 heteroatoms. The van der Waals surface area contributed by atoms with Crippen LogP contribution in [0.5, 0.6) is 0 Å². The predicted molar refractivity (Wildman–Crippen MR) is 80.4 cm³/mol. The maximum absolute atomic E-state index is 6.25. The zero-order valence-corrected chi connectivity index (χ0v) is 14.3. The Hall–Kier alpha value is -0.123. The topological polar surface area (TPSA) is 18.5 Å². The Morgan fingerprint density at radius 3 is 2.28 bits per heavy atom. The van der Waals surface area contributed by atoms with Gasteiger partial charge in [0.1, 0.15) is 6.10 Å².